The number of aliphatic imine (C=N–C) groups is 1. The van der Waals surface area contributed by atoms with E-state index in [1.807, 2.05) is 7.05 Å². The highest BCUT2D eigenvalue weighted by Crippen LogP contribution is 2.27. The molecule has 2 N–H and O–H groups in total. The zero-order chi connectivity index (χ0) is 12.5. The van der Waals surface area contributed by atoms with E-state index in [0.717, 1.165) is 30.9 Å². The van der Waals surface area contributed by atoms with Crippen LogP contribution >= 0.6 is 0 Å². The van der Waals surface area contributed by atoms with Gasteiger partial charge in [-0.2, -0.15) is 0 Å². The SMILES string of the molecule is CCCCNC(=NC)NCC1CCCC(C)C1. The van der Waals surface area contributed by atoms with Gasteiger partial charge in [-0.25, -0.2) is 0 Å². The van der Waals surface area contributed by atoms with Crippen LogP contribution in [0.25, 0.3) is 0 Å². The fraction of sp³-hybridized carbons (Fsp3) is 0.929. The molecule has 2 unspecified atom stereocenters. The molecule has 0 heterocycles. The highest BCUT2D eigenvalue weighted by atomic mass is 15.2. The molecule has 17 heavy (non-hydrogen) atoms. The van der Waals surface area contributed by atoms with E-state index in [0.29, 0.717) is 0 Å². The number of nitrogens with zero attached hydrogens (tertiary/aromatic N) is 1. The topological polar surface area (TPSA) is 36.4 Å². The molecule has 1 aliphatic carbocycles. The van der Waals surface area contributed by atoms with Gasteiger partial charge in [-0.1, -0.05) is 33.1 Å². The Bertz CT molecular complexity index is 226. The van der Waals surface area contributed by atoms with Crippen molar-refractivity contribution in [3.8, 4) is 0 Å². The predicted octanol–water partition coefficient (Wildman–Crippen LogP) is 2.78. The smallest absolute Gasteiger partial charge is 0.190 e. The molecule has 0 amide bonds. The molecule has 3 heteroatoms. The summed E-state index contributed by atoms with van der Waals surface area (Å²) in [5.74, 6) is 2.71. The molecule has 3 nitrogen and oxygen atoms in total. The third kappa shape index (κ3) is 5.94. The minimum atomic E-state index is 0.837. The van der Waals surface area contributed by atoms with Gasteiger partial charge in [0.25, 0.3) is 0 Å². The summed E-state index contributed by atoms with van der Waals surface area (Å²) in [6, 6.07) is 0. The number of rotatable bonds is 5. The molecule has 0 bridgehead atoms. The fourth-order valence-corrected chi connectivity index (χ4v) is 2.59. The lowest BCUT2D eigenvalue weighted by molar-refractivity contribution is 0.282. The van der Waals surface area contributed by atoms with Gasteiger partial charge in [0.15, 0.2) is 5.96 Å². The summed E-state index contributed by atoms with van der Waals surface area (Å²) >= 11 is 0. The molecular formula is C14H29N3. The summed E-state index contributed by atoms with van der Waals surface area (Å²) in [4.78, 5) is 4.26. The van der Waals surface area contributed by atoms with E-state index in [2.05, 4.69) is 29.5 Å². The molecule has 0 aliphatic heterocycles. The van der Waals surface area contributed by atoms with Crippen LogP contribution in [0.15, 0.2) is 4.99 Å². The molecule has 1 rings (SSSR count). The van der Waals surface area contributed by atoms with Crippen LogP contribution in [0.3, 0.4) is 0 Å². The predicted molar refractivity (Wildman–Crippen MR) is 75.4 cm³/mol. The fourth-order valence-electron chi connectivity index (χ4n) is 2.59. The van der Waals surface area contributed by atoms with Crippen LogP contribution in [0, 0.1) is 11.8 Å². The summed E-state index contributed by atoms with van der Waals surface area (Å²) in [5.41, 5.74) is 0. The van der Waals surface area contributed by atoms with E-state index in [1.165, 1.54) is 38.5 Å². The van der Waals surface area contributed by atoms with Crippen molar-refractivity contribution in [1.82, 2.24) is 10.6 Å². The summed E-state index contributed by atoms with van der Waals surface area (Å²) in [7, 11) is 1.85. The number of nitrogens with one attached hydrogen (secondary N) is 2. The van der Waals surface area contributed by atoms with Gasteiger partial charge in [0, 0.05) is 20.1 Å². The first-order chi connectivity index (χ1) is 8.26. The molecule has 1 fully saturated rings. The van der Waals surface area contributed by atoms with Crippen molar-refractivity contribution in [2.75, 3.05) is 20.1 Å². The van der Waals surface area contributed by atoms with Gasteiger partial charge in [-0.3, -0.25) is 4.99 Å². The first kappa shape index (κ1) is 14.3. The van der Waals surface area contributed by atoms with E-state index in [9.17, 15) is 0 Å². The third-order valence-electron chi connectivity index (χ3n) is 3.65. The molecule has 0 aromatic heterocycles. The van der Waals surface area contributed by atoms with Crippen LogP contribution in [-0.4, -0.2) is 26.1 Å². The van der Waals surface area contributed by atoms with Gasteiger partial charge in [0.1, 0.15) is 0 Å². The van der Waals surface area contributed by atoms with Gasteiger partial charge < -0.3 is 10.6 Å². The molecular weight excluding hydrogens is 210 g/mol. The Morgan fingerprint density at radius 1 is 1.29 bits per heavy atom. The first-order valence-corrected chi connectivity index (χ1v) is 7.20. The number of hydrogen-bond donors (Lipinski definition) is 2. The van der Waals surface area contributed by atoms with E-state index in [-0.39, 0.29) is 0 Å². The normalized spacial score (nSPS) is 25.7. The van der Waals surface area contributed by atoms with E-state index in [1.54, 1.807) is 0 Å². The summed E-state index contributed by atoms with van der Waals surface area (Å²) in [5, 5.41) is 6.82. The van der Waals surface area contributed by atoms with Crippen LogP contribution in [0.4, 0.5) is 0 Å². The first-order valence-electron chi connectivity index (χ1n) is 7.20. The van der Waals surface area contributed by atoms with E-state index < -0.39 is 0 Å². The number of guanidine groups is 1. The van der Waals surface area contributed by atoms with Crippen molar-refractivity contribution in [2.45, 2.75) is 52.4 Å². The lowest BCUT2D eigenvalue weighted by Crippen LogP contribution is -2.40. The summed E-state index contributed by atoms with van der Waals surface area (Å²) in [6.45, 7) is 6.69. The maximum Gasteiger partial charge on any atom is 0.190 e. The second kappa shape index (κ2) is 8.37. The van der Waals surface area contributed by atoms with Crippen molar-refractivity contribution >= 4 is 5.96 Å². The number of hydrogen-bond acceptors (Lipinski definition) is 1. The van der Waals surface area contributed by atoms with Crippen molar-refractivity contribution in [1.29, 1.82) is 0 Å². The van der Waals surface area contributed by atoms with Gasteiger partial charge in [-0.05, 0) is 31.1 Å². The second-order valence-electron chi connectivity index (χ2n) is 5.37. The van der Waals surface area contributed by atoms with Crippen LogP contribution in [0.2, 0.25) is 0 Å². The minimum absolute atomic E-state index is 0.837. The van der Waals surface area contributed by atoms with E-state index >= 15 is 0 Å². The third-order valence-corrected chi connectivity index (χ3v) is 3.65. The minimum Gasteiger partial charge on any atom is -0.356 e. The molecule has 0 saturated heterocycles. The summed E-state index contributed by atoms with van der Waals surface area (Å²) in [6.07, 6.45) is 8.00. The zero-order valence-corrected chi connectivity index (χ0v) is 11.8. The largest absolute Gasteiger partial charge is 0.356 e. The lowest BCUT2D eigenvalue weighted by atomic mass is 9.82. The second-order valence-corrected chi connectivity index (χ2v) is 5.37. The Morgan fingerprint density at radius 2 is 2.12 bits per heavy atom. The Morgan fingerprint density at radius 3 is 2.76 bits per heavy atom. The average molecular weight is 239 g/mol. The van der Waals surface area contributed by atoms with Crippen LogP contribution in [-0.2, 0) is 0 Å². The molecule has 0 aromatic rings. The molecule has 1 saturated carbocycles. The van der Waals surface area contributed by atoms with Gasteiger partial charge >= 0.3 is 0 Å². The van der Waals surface area contributed by atoms with Gasteiger partial charge in [0.2, 0.25) is 0 Å². The van der Waals surface area contributed by atoms with Crippen molar-refractivity contribution in [2.24, 2.45) is 16.8 Å². The Hall–Kier alpha value is -0.730. The van der Waals surface area contributed by atoms with Crippen LogP contribution in [0.5, 0.6) is 0 Å². The van der Waals surface area contributed by atoms with Crippen molar-refractivity contribution in [3.05, 3.63) is 0 Å². The van der Waals surface area contributed by atoms with Crippen molar-refractivity contribution in [3.63, 3.8) is 0 Å². The molecule has 0 radical (unpaired) electrons. The standard InChI is InChI=1S/C14H29N3/c1-4-5-9-16-14(15-3)17-11-13-8-6-7-12(2)10-13/h12-13H,4-11H2,1-3H3,(H2,15,16,17). The highest BCUT2D eigenvalue weighted by molar-refractivity contribution is 5.79. The maximum atomic E-state index is 4.26. The molecule has 1 aliphatic rings. The molecule has 100 valence electrons. The van der Waals surface area contributed by atoms with E-state index in [4.69, 9.17) is 0 Å². The Kier molecular flexibility index (Phi) is 7.06. The lowest BCUT2D eigenvalue weighted by Gasteiger charge is -2.27. The Balaban J connectivity index is 2.18. The quantitative estimate of drug-likeness (QED) is 0.440. The molecule has 0 aromatic carbocycles. The molecule has 0 spiro atoms. The molecule has 2 atom stereocenters. The van der Waals surface area contributed by atoms with Gasteiger partial charge in [-0.15, -0.1) is 0 Å². The average Bonchev–Trinajstić information content (AvgIpc) is 2.34. The zero-order valence-electron chi connectivity index (χ0n) is 11.8. The number of unbranched alkanes of at least 4 members (excludes halogenated alkanes) is 1. The highest BCUT2D eigenvalue weighted by Gasteiger charge is 2.18. The van der Waals surface area contributed by atoms with Gasteiger partial charge in [0.05, 0.1) is 0 Å². The van der Waals surface area contributed by atoms with Crippen molar-refractivity contribution < 1.29 is 0 Å². The Labute approximate surface area is 106 Å². The van der Waals surface area contributed by atoms with Crippen LogP contribution < -0.4 is 10.6 Å². The maximum absolute atomic E-state index is 4.26. The van der Waals surface area contributed by atoms with Crippen LogP contribution in [0.1, 0.15) is 52.4 Å². The monoisotopic (exact) mass is 239 g/mol. The summed E-state index contributed by atoms with van der Waals surface area (Å²) < 4.78 is 0.